The van der Waals surface area contributed by atoms with Gasteiger partial charge in [-0.3, -0.25) is 0 Å². The molecule has 1 heteroatoms. The molecular formula is C13H19Cl. The van der Waals surface area contributed by atoms with E-state index in [2.05, 4.69) is 25.1 Å². The largest absolute Gasteiger partial charge is 0.0840 e. The predicted molar refractivity (Wildman–Crippen MR) is 64.0 cm³/mol. The number of benzene rings is 1. The first-order valence-corrected chi connectivity index (χ1v) is 5.87. The Bertz CT molecular complexity index is 279. The number of hydrogen-bond acceptors (Lipinski definition) is 0. The van der Waals surface area contributed by atoms with E-state index in [0.717, 1.165) is 5.02 Å². The molecule has 14 heavy (non-hydrogen) atoms. The molecule has 0 bridgehead atoms. The maximum Gasteiger partial charge on any atom is 0.0437 e. The predicted octanol–water partition coefficient (Wildman–Crippen LogP) is 4.77. The van der Waals surface area contributed by atoms with Gasteiger partial charge < -0.3 is 0 Å². The van der Waals surface area contributed by atoms with Crippen molar-refractivity contribution in [3.05, 3.63) is 34.3 Å². The molecule has 0 heterocycles. The minimum atomic E-state index is 0.901. The molecule has 0 aliphatic rings. The van der Waals surface area contributed by atoms with Crippen molar-refractivity contribution in [2.45, 2.75) is 46.0 Å². The van der Waals surface area contributed by atoms with Crippen molar-refractivity contribution < 1.29 is 0 Å². The SMILES string of the molecule is CCCCCCc1ccc(C)c(Cl)c1. The van der Waals surface area contributed by atoms with Gasteiger partial charge in [-0.1, -0.05) is 49.9 Å². The van der Waals surface area contributed by atoms with Crippen LogP contribution >= 0.6 is 11.6 Å². The molecule has 0 atom stereocenters. The molecule has 1 aromatic rings. The Morgan fingerprint density at radius 1 is 1.14 bits per heavy atom. The van der Waals surface area contributed by atoms with Crippen molar-refractivity contribution in [1.82, 2.24) is 0 Å². The second kappa shape index (κ2) is 6.08. The number of hydrogen-bond donors (Lipinski definition) is 0. The van der Waals surface area contributed by atoms with Crippen molar-refractivity contribution in [2.24, 2.45) is 0 Å². The van der Waals surface area contributed by atoms with Crippen LogP contribution in [0.5, 0.6) is 0 Å². The zero-order valence-corrected chi connectivity index (χ0v) is 9.90. The van der Waals surface area contributed by atoms with Gasteiger partial charge in [-0.2, -0.15) is 0 Å². The molecule has 0 nitrogen and oxygen atoms in total. The van der Waals surface area contributed by atoms with Gasteiger partial charge in [0, 0.05) is 5.02 Å². The van der Waals surface area contributed by atoms with Gasteiger partial charge >= 0.3 is 0 Å². The highest BCUT2D eigenvalue weighted by molar-refractivity contribution is 6.31. The van der Waals surface area contributed by atoms with Gasteiger partial charge in [0.1, 0.15) is 0 Å². The van der Waals surface area contributed by atoms with Gasteiger partial charge in [-0.05, 0) is 37.0 Å². The van der Waals surface area contributed by atoms with Crippen LogP contribution in [-0.4, -0.2) is 0 Å². The minimum absolute atomic E-state index is 0.901. The average Bonchev–Trinajstić information content (AvgIpc) is 2.18. The van der Waals surface area contributed by atoms with Crippen molar-refractivity contribution >= 4 is 11.6 Å². The number of halogens is 1. The van der Waals surface area contributed by atoms with Crippen LogP contribution in [0.2, 0.25) is 5.02 Å². The Labute approximate surface area is 92.3 Å². The van der Waals surface area contributed by atoms with Gasteiger partial charge in [0.25, 0.3) is 0 Å². The van der Waals surface area contributed by atoms with E-state index in [1.807, 2.05) is 6.92 Å². The van der Waals surface area contributed by atoms with Crippen LogP contribution in [0.4, 0.5) is 0 Å². The highest BCUT2D eigenvalue weighted by atomic mass is 35.5. The quantitative estimate of drug-likeness (QED) is 0.614. The van der Waals surface area contributed by atoms with E-state index in [0.29, 0.717) is 0 Å². The average molecular weight is 211 g/mol. The molecule has 0 radical (unpaired) electrons. The van der Waals surface area contributed by atoms with Gasteiger partial charge in [-0.25, -0.2) is 0 Å². The van der Waals surface area contributed by atoms with Gasteiger partial charge in [-0.15, -0.1) is 0 Å². The Kier molecular flexibility index (Phi) is 5.03. The lowest BCUT2D eigenvalue weighted by Gasteiger charge is -2.03. The van der Waals surface area contributed by atoms with E-state index in [1.54, 1.807) is 0 Å². The molecule has 0 fully saturated rings. The standard InChI is InChI=1S/C13H19Cl/c1-3-4-5-6-7-12-9-8-11(2)13(14)10-12/h8-10H,3-7H2,1-2H3. The molecule has 1 rings (SSSR count). The first-order valence-electron chi connectivity index (χ1n) is 5.49. The Hall–Kier alpha value is -0.490. The van der Waals surface area contributed by atoms with Crippen LogP contribution in [0, 0.1) is 6.92 Å². The third kappa shape index (κ3) is 3.71. The molecule has 0 saturated heterocycles. The van der Waals surface area contributed by atoms with Crippen LogP contribution < -0.4 is 0 Å². The molecule has 0 amide bonds. The molecule has 0 saturated carbocycles. The van der Waals surface area contributed by atoms with Crippen molar-refractivity contribution in [3.8, 4) is 0 Å². The summed E-state index contributed by atoms with van der Waals surface area (Å²) in [6.07, 6.45) is 6.43. The van der Waals surface area contributed by atoms with Gasteiger partial charge in [0.05, 0.1) is 0 Å². The van der Waals surface area contributed by atoms with E-state index >= 15 is 0 Å². The highest BCUT2D eigenvalue weighted by Crippen LogP contribution is 2.18. The summed E-state index contributed by atoms with van der Waals surface area (Å²) in [6, 6.07) is 6.40. The summed E-state index contributed by atoms with van der Waals surface area (Å²) in [5, 5.41) is 0.901. The summed E-state index contributed by atoms with van der Waals surface area (Å²) >= 11 is 6.05. The molecule has 0 aromatic heterocycles. The second-order valence-corrected chi connectivity index (χ2v) is 4.30. The Balaban J connectivity index is 2.39. The summed E-state index contributed by atoms with van der Waals surface area (Å²) in [4.78, 5) is 0. The molecule has 0 aliphatic heterocycles. The number of rotatable bonds is 5. The normalized spacial score (nSPS) is 10.5. The Morgan fingerprint density at radius 3 is 2.57 bits per heavy atom. The molecule has 0 aliphatic carbocycles. The second-order valence-electron chi connectivity index (χ2n) is 3.89. The van der Waals surface area contributed by atoms with Crippen LogP contribution in [-0.2, 0) is 6.42 Å². The topological polar surface area (TPSA) is 0 Å². The highest BCUT2D eigenvalue weighted by Gasteiger charge is 1.97. The van der Waals surface area contributed by atoms with Crippen molar-refractivity contribution in [3.63, 3.8) is 0 Å². The fourth-order valence-corrected chi connectivity index (χ4v) is 1.75. The van der Waals surface area contributed by atoms with Crippen LogP contribution in [0.1, 0.15) is 43.7 Å². The van der Waals surface area contributed by atoms with Crippen LogP contribution in [0.25, 0.3) is 0 Å². The lowest BCUT2D eigenvalue weighted by molar-refractivity contribution is 0.667. The fourth-order valence-electron chi connectivity index (χ4n) is 1.55. The summed E-state index contributed by atoms with van der Waals surface area (Å²) in [6.45, 7) is 4.28. The number of unbranched alkanes of at least 4 members (excludes halogenated alkanes) is 3. The summed E-state index contributed by atoms with van der Waals surface area (Å²) in [5.41, 5.74) is 2.54. The Morgan fingerprint density at radius 2 is 1.93 bits per heavy atom. The first kappa shape index (κ1) is 11.6. The van der Waals surface area contributed by atoms with Gasteiger partial charge in [0.2, 0.25) is 0 Å². The molecule has 78 valence electrons. The third-order valence-electron chi connectivity index (χ3n) is 2.56. The lowest BCUT2D eigenvalue weighted by atomic mass is 10.1. The van der Waals surface area contributed by atoms with Crippen molar-refractivity contribution in [2.75, 3.05) is 0 Å². The fraction of sp³-hybridized carbons (Fsp3) is 0.538. The van der Waals surface area contributed by atoms with Crippen molar-refractivity contribution in [1.29, 1.82) is 0 Å². The maximum absolute atomic E-state index is 6.05. The van der Waals surface area contributed by atoms with E-state index < -0.39 is 0 Å². The third-order valence-corrected chi connectivity index (χ3v) is 2.96. The van der Waals surface area contributed by atoms with E-state index in [4.69, 9.17) is 11.6 Å². The molecule has 1 aromatic carbocycles. The van der Waals surface area contributed by atoms with E-state index in [9.17, 15) is 0 Å². The summed E-state index contributed by atoms with van der Waals surface area (Å²) in [7, 11) is 0. The van der Waals surface area contributed by atoms with Crippen LogP contribution in [0.15, 0.2) is 18.2 Å². The molecule has 0 spiro atoms. The van der Waals surface area contributed by atoms with Gasteiger partial charge in [0.15, 0.2) is 0 Å². The number of aryl methyl sites for hydroxylation is 2. The zero-order valence-electron chi connectivity index (χ0n) is 9.15. The summed E-state index contributed by atoms with van der Waals surface area (Å²) in [5.74, 6) is 0. The smallest absolute Gasteiger partial charge is 0.0437 e. The van der Waals surface area contributed by atoms with Crippen LogP contribution in [0.3, 0.4) is 0 Å². The lowest BCUT2D eigenvalue weighted by Crippen LogP contribution is -1.87. The molecule has 0 unspecified atom stereocenters. The molecule has 0 N–H and O–H groups in total. The molecular weight excluding hydrogens is 192 g/mol. The summed E-state index contributed by atoms with van der Waals surface area (Å²) < 4.78 is 0. The monoisotopic (exact) mass is 210 g/mol. The minimum Gasteiger partial charge on any atom is -0.0840 e. The zero-order chi connectivity index (χ0) is 10.4. The first-order chi connectivity index (χ1) is 6.74. The van der Waals surface area contributed by atoms with E-state index in [-0.39, 0.29) is 0 Å². The maximum atomic E-state index is 6.05. The van der Waals surface area contributed by atoms with E-state index in [1.165, 1.54) is 43.2 Å².